The summed E-state index contributed by atoms with van der Waals surface area (Å²) in [5, 5.41) is -2.41. The van der Waals surface area contributed by atoms with Gasteiger partial charge in [-0.2, -0.15) is 35.1 Å². The highest BCUT2D eigenvalue weighted by Gasteiger charge is 2.85. The minimum atomic E-state index is -6.33. The van der Waals surface area contributed by atoms with Crippen molar-refractivity contribution in [1.82, 2.24) is 0 Å². The predicted molar refractivity (Wildman–Crippen MR) is 54.1 cm³/mol. The van der Waals surface area contributed by atoms with Gasteiger partial charge in [-0.25, -0.2) is 0 Å². The van der Waals surface area contributed by atoms with Crippen LogP contribution in [-0.4, -0.2) is 11.8 Å². The molecule has 0 fully saturated rings. The molecule has 0 atom stereocenters. The van der Waals surface area contributed by atoms with Crippen LogP contribution in [0.25, 0.3) is 0 Å². The van der Waals surface area contributed by atoms with Crippen LogP contribution in [0, 0.1) is 0 Å². The summed E-state index contributed by atoms with van der Waals surface area (Å²) >= 11 is 10.4. The van der Waals surface area contributed by atoms with E-state index >= 15 is 0 Å². The predicted octanol–water partition coefficient (Wildman–Crippen LogP) is 5.46. The summed E-state index contributed by atoms with van der Waals surface area (Å²) in [7, 11) is 0. The van der Waals surface area contributed by atoms with Crippen LogP contribution in [0.2, 0.25) is 10.0 Å². The van der Waals surface area contributed by atoms with Gasteiger partial charge in [0.2, 0.25) is 0 Å². The number of rotatable bonds is 0. The molecule has 0 radical (unpaired) electrons. The van der Waals surface area contributed by atoms with Crippen LogP contribution in [0.3, 0.4) is 0 Å². The SMILES string of the molecule is FC1(F)c2c(Cl)ccc(Cl)c2C(F)(F)C(F)(F)C1(F)F. The van der Waals surface area contributed by atoms with Crippen LogP contribution in [0.5, 0.6) is 0 Å². The van der Waals surface area contributed by atoms with Crippen LogP contribution in [-0.2, 0) is 11.8 Å². The molecule has 0 unspecified atom stereocenters. The van der Waals surface area contributed by atoms with E-state index in [1.807, 2.05) is 0 Å². The Morgan fingerprint density at radius 3 is 1.10 bits per heavy atom. The third-order valence-corrected chi connectivity index (χ3v) is 3.54. The van der Waals surface area contributed by atoms with Crippen molar-refractivity contribution in [3.63, 3.8) is 0 Å². The monoisotopic (exact) mass is 344 g/mol. The number of hydrogen-bond acceptors (Lipinski definition) is 0. The molecule has 10 heteroatoms. The van der Waals surface area contributed by atoms with Gasteiger partial charge in [0.25, 0.3) is 0 Å². The number of hydrogen-bond donors (Lipinski definition) is 0. The van der Waals surface area contributed by atoms with E-state index in [0.717, 1.165) is 0 Å². The van der Waals surface area contributed by atoms with E-state index in [-0.39, 0.29) is 0 Å². The van der Waals surface area contributed by atoms with Crippen LogP contribution >= 0.6 is 23.2 Å². The highest BCUT2D eigenvalue weighted by Crippen LogP contribution is 2.66. The first kappa shape index (κ1) is 15.6. The lowest BCUT2D eigenvalue weighted by Crippen LogP contribution is -2.64. The maximum atomic E-state index is 13.5. The molecule has 0 saturated heterocycles. The molecule has 0 spiro atoms. The van der Waals surface area contributed by atoms with Crippen molar-refractivity contribution < 1.29 is 35.1 Å². The van der Waals surface area contributed by atoms with Crippen molar-refractivity contribution in [3.8, 4) is 0 Å². The summed E-state index contributed by atoms with van der Waals surface area (Å²) in [6, 6.07) is 1.10. The molecule has 1 aromatic carbocycles. The highest BCUT2D eigenvalue weighted by molar-refractivity contribution is 6.34. The Kier molecular flexibility index (Phi) is 3.05. The smallest absolute Gasteiger partial charge is 0.194 e. The van der Waals surface area contributed by atoms with Gasteiger partial charge in [-0.15, -0.1) is 0 Å². The number of alkyl halides is 8. The zero-order chi connectivity index (χ0) is 15.7. The molecule has 20 heavy (non-hydrogen) atoms. The normalized spacial score (nSPS) is 25.1. The van der Waals surface area contributed by atoms with Crippen LogP contribution in [0.1, 0.15) is 11.1 Å². The molecule has 0 bridgehead atoms. The molecule has 112 valence electrons. The largest absolute Gasteiger partial charge is 0.383 e. The molecule has 0 nitrogen and oxygen atoms in total. The second-order valence-electron chi connectivity index (χ2n) is 4.08. The summed E-state index contributed by atoms with van der Waals surface area (Å²) in [6.45, 7) is 0. The number of halogens is 10. The Bertz CT molecular complexity index is 530. The standard InChI is InChI=1S/C10H2Cl2F8/c11-3-1-2-4(12)6-5(3)7(13,14)9(17,18)10(19,20)8(6,15)16/h1-2H. The first-order valence-electron chi connectivity index (χ1n) is 4.80. The minimum absolute atomic E-state index is 0.548. The Morgan fingerprint density at radius 1 is 0.600 bits per heavy atom. The van der Waals surface area contributed by atoms with Gasteiger partial charge in [-0.05, 0) is 12.1 Å². The zero-order valence-corrected chi connectivity index (χ0v) is 10.4. The fraction of sp³-hybridized carbons (Fsp3) is 0.400. The molecular formula is C10H2Cl2F8. The average Bonchev–Trinajstić information content (AvgIpc) is 2.29. The zero-order valence-electron chi connectivity index (χ0n) is 8.93. The minimum Gasteiger partial charge on any atom is -0.194 e. The Hall–Kier alpha value is -0.760. The first-order chi connectivity index (χ1) is 8.80. The topological polar surface area (TPSA) is 0 Å². The van der Waals surface area contributed by atoms with E-state index < -0.39 is 44.9 Å². The van der Waals surface area contributed by atoms with E-state index in [1.54, 1.807) is 0 Å². The lowest BCUT2D eigenvalue weighted by molar-refractivity contribution is -0.386. The van der Waals surface area contributed by atoms with Gasteiger partial charge in [-0.1, -0.05) is 23.2 Å². The van der Waals surface area contributed by atoms with Crippen molar-refractivity contribution in [2.45, 2.75) is 23.7 Å². The van der Waals surface area contributed by atoms with Crippen LogP contribution in [0.15, 0.2) is 12.1 Å². The molecule has 0 aliphatic heterocycles. The highest BCUT2D eigenvalue weighted by atomic mass is 35.5. The molecule has 1 aliphatic carbocycles. The third kappa shape index (κ3) is 1.49. The second kappa shape index (κ2) is 3.91. The molecule has 0 heterocycles. The van der Waals surface area contributed by atoms with Crippen molar-refractivity contribution >= 4 is 23.2 Å². The molecule has 1 aromatic rings. The van der Waals surface area contributed by atoms with Gasteiger partial charge < -0.3 is 0 Å². The summed E-state index contributed by atoms with van der Waals surface area (Å²) in [4.78, 5) is 0. The van der Waals surface area contributed by atoms with Crippen molar-refractivity contribution in [2.75, 3.05) is 0 Å². The fourth-order valence-corrected chi connectivity index (χ4v) is 2.43. The lowest BCUT2D eigenvalue weighted by Gasteiger charge is -2.43. The summed E-state index contributed by atoms with van der Waals surface area (Å²) in [6.07, 6.45) is 0. The van der Waals surface area contributed by atoms with Gasteiger partial charge in [0, 0.05) is 0 Å². The molecule has 0 amide bonds. The van der Waals surface area contributed by atoms with Gasteiger partial charge >= 0.3 is 23.7 Å². The van der Waals surface area contributed by atoms with E-state index in [1.165, 1.54) is 0 Å². The Morgan fingerprint density at radius 2 is 0.850 bits per heavy atom. The van der Waals surface area contributed by atoms with Crippen LogP contribution < -0.4 is 0 Å². The molecule has 2 rings (SSSR count). The van der Waals surface area contributed by atoms with E-state index in [4.69, 9.17) is 23.2 Å². The van der Waals surface area contributed by atoms with Gasteiger partial charge in [0.15, 0.2) is 0 Å². The van der Waals surface area contributed by atoms with Gasteiger partial charge in [-0.3, -0.25) is 0 Å². The van der Waals surface area contributed by atoms with E-state index in [2.05, 4.69) is 0 Å². The summed E-state index contributed by atoms with van der Waals surface area (Å²) in [5.74, 6) is -23.9. The quantitative estimate of drug-likeness (QED) is 0.548. The van der Waals surface area contributed by atoms with Crippen LogP contribution in [0.4, 0.5) is 35.1 Å². The summed E-state index contributed by atoms with van der Waals surface area (Å²) < 4.78 is 107. The lowest BCUT2D eigenvalue weighted by atomic mass is 9.80. The summed E-state index contributed by atoms with van der Waals surface area (Å²) in [5.41, 5.74) is -4.18. The van der Waals surface area contributed by atoms with E-state index in [9.17, 15) is 35.1 Å². The van der Waals surface area contributed by atoms with Gasteiger partial charge in [0.05, 0.1) is 21.2 Å². The molecule has 0 saturated carbocycles. The molecule has 0 N–H and O–H groups in total. The molecule has 0 aromatic heterocycles. The van der Waals surface area contributed by atoms with Gasteiger partial charge in [0.1, 0.15) is 0 Å². The number of benzene rings is 1. The van der Waals surface area contributed by atoms with Crippen molar-refractivity contribution in [3.05, 3.63) is 33.3 Å². The Balaban J connectivity index is 3.01. The fourth-order valence-electron chi connectivity index (χ4n) is 1.87. The average molecular weight is 345 g/mol. The third-order valence-electron chi connectivity index (χ3n) is 2.91. The van der Waals surface area contributed by atoms with Crippen molar-refractivity contribution in [2.24, 2.45) is 0 Å². The molecule has 1 aliphatic rings. The maximum Gasteiger partial charge on any atom is 0.383 e. The van der Waals surface area contributed by atoms with E-state index in [0.29, 0.717) is 12.1 Å². The Labute approximate surface area is 116 Å². The first-order valence-corrected chi connectivity index (χ1v) is 5.56. The maximum absolute atomic E-state index is 13.5. The second-order valence-corrected chi connectivity index (χ2v) is 4.89. The van der Waals surface area contributed by atoms with Crippen molar-refractivity contribution in [1.29, 1.82) is 0 Å². The molecular weight excluding hydrogens is 343 g/mol. The number of fused-ring (bicyclic) bond motifs is 1.